The van der Waals surface area contributed by atoms with Crippen LogP contribution in [-0.4, -0.2) is 27.0 Å². The molecule has 48 heavy (non-hydrogen) atoms. The number of sulfonamides is 2. The number of amidine groups is 1. The first-order valence-electron chi connectivity index (χ1n) is 15.3. The van der Waals surface area contributed by atoms with Gasteiger partial charge in [0, 0.05) is 0 Å². The number of fused-ring (bicyclic) bond motifs is 3. The molecule has 0 saturated heterocycles. The van der Waals surface area contributed by atoms with Gasteiger partial charge in [-0.25, -0.2) is 8.42 Å². The summed E-state index contributed by atoms with van der Waals surface area (Å²) in [5, 5.41) is 0. The highest BCUT2D eigenvalue weighted by Crippen LogP contribution is 2.45. The normalized spacial score (nSPS) is 16.3. The predicted molar refractivity (Wildman–Crippen MR) is 192 cm³/mol. The number of benzene rings is 5. The molecule has 0 radical (unpaired) electrons. The lowest BCUT2D eigenvalue weighted by molar-refractivity contribution is 0.550. The molecule has 238 valence electrons. The summed E-state index contributed by atoms with van der Waals surface area (Å²) < 4.78 is 64.0. The Morgan fingerprint density at radius 3 is 1.81 bits per heavy atom. The van der Waals surface area contributed by atoms with Crippen LogP contribution in [0.5, 0.6) is 0 Å². The maximum absolute atomic E-state index is 15.1. The Kier molecular flexibility index (Phi) is 7.94. The second kappa shape index (κ2) is 12.3. The first-order chi connectivity index (χ1) is 23.1. The van der Waals surface area contributed by atoms with Crippen LogP contribution in [0.3, 0.4) is 0 Å². The van der Waals surface area contributed by atoms with Crippen LogP contribution in [0, 0.1) is 13.8 Å². The smallest absolute Gasteiger partial charge is 0.284 e. The van der Waals surface area contributed by atoms with E-state index in [0.717, 1.165) is 26.7 Å². The molecule has 5 aromatic carbocycles. The number of rotatable bonds is 6. The zero-order valence-corrected chi connectivity index (χ0v) is 27.9. The SMILES string of the molecule is Cc1ccc(S(=O)(=O)/N=C2\C(c3ccccc3)=C3C=Cc4ccccc4N3/C(=C\c3ccccc3)N2S(=O)(=O)c2ccc(C)cc2)cc1. The molecule has 2 heterocycles. The van der Waals surface area contributed by atoms with Gasteiger partial charge in [0.05, 0.1) is 26.7 Å². The molecule has 2 aliphatic rings. The van der Waals surface area contributed by atoms with Crippen molar-refractivity contribution in [3.8, 4) is 0 Å². The Hall–Kier alpha value is -5.51. The Morgan fingerprint density at radius 2 is 1.17 bits per heavy atom. The summed E-state index contributed by atoms with van der Waals surface area (Å²) in [6.45, 7) is 3.73. The zero-order chi connectivity index (χ0) is 33.5. The van der Waals surface area contributed by atoms with Crippen LogP contribution in [0.2, 0.25) is 0 Å². The molecular weight excluding hydrogens is 639 g/mol. The van der Waals surface area contributed by atoms with E-state index in [9.17, 15) is 8.42 Å². The van der Waals surface area contributed by atoms with Crippen LogP contribution in [0.25, 0.3) is 17.7 Å². The Balaban J connectivity index is 1.64. The highest BCUT2D eigenvalue weighted by atomic mass is 32.2. The van der Waals surface area contributed by atoms with E-state index in [1.54, 1.807) is 30.3 Å². The molecule has 0 unspecified atom stereocenters. The van der Waals surface area contributed by atoms with E-state index in [2.05, 4.69) is 4.40 Å². The maximum Gasteiger partial charge on any atom is 0.284 e. The minimum absolute atomic E-state index is 0.0100. The van der Waals surface area contributed by atoms with Crippen LogP contribution >= 0.6 is 0 Å². The van der Waals surface area contributed by atoms with Gasteiger partial charge < -0.3 is 0 Å². The fourth-order valence-electron chi connectivity index (χ4n) is 5.78. The van der Waals surface area contributed by atoms with Crippen LogP contribution < -0.4 is 4.90 Å². The minimum atomic E-state index is -4.48. The van der Waals surface area contributed by atoms with E-state index in [0.29, 0.717) is 22.4 Å². The molecule has 0 fully saturated rings. The van der Waals surface area contributed by atoms with E-state index in [1.807, 2.05) is 116 Å². The average molecular weight is 670 g/mol. The van der Waals surface area contributed by atoms with Crippen molar-refractivity contribution in [2.75, 3.05) is 4.90 Å². The molecule has 0 aromatic heterocycles. The van der Waals surface area contributed by atoms with E-state index in [4.69, 9.17) is 0 Å². The molecule has 0 bridgehead atoms. The van der Waals surface area contributed by atoms with Crippen LogP contribution in [-0.2, 0) is 20.0 Å². The number of nitrogens with zero attached hydrogens (tertiary/aromatic N) is 3. The molecule has 7 nitrogen and oxygen atoms in total. The third-order valence-corrected chi connectivity index (χ3v) is 11.2. The van der Waals surface area contributed by atoms with Gasteiger partial charge in [0.25, 0.3) is 20.0 Å². The fraction of sp³-hybridized carbons (Fsp3) is 0.0513. The number of hydrogen-bond donors (Lipinski definition) is 0. The fourth-order valence-corrected chi connectivity index (χ4v) is 8.25. The number of anilines is 1. The quantitative estimate of drug-likeness (QED) is 0.183. The number of hydrogen-bond acceptors (Lipinski definition) is 5. The molecule has 2 aliphatic heterocycles. The van der Waals surface area contributed by atoms with Crippen LogP contribution in [0.4, 0.5) is 5.69 Å². The van der Waals surface area contributed by atoms with Crippen molar-refractivity contribution >= 4 is 49.3 Å². The standard InChI is InChI=1S/C39H31N3O4S2/c1-28-17-22-33(23-18-28)47(43,44)40-39-38(32-14-7-4-8-15-32)36-26-21-31-13-9-10-16-35(31)41(36)37(27-30-11-5-3-6-12-30)42(39)48(45,46)34-24-19-29(2)20-25-34/h3-27H,1-2H3/b37-27+,40-39+. The minimum Gasteiger partial charge on any atom is -0.294 e. The molecule has 0 N–H and O–H groups in total. The second-order valence-corrected chi connectivity index (χ2v) is 14.9. The van der Waals surface area contributed by atoms with Crippen molar-refractivity contribution in [1.82, 2.24) is 4.31 Å². The molecule has 7 rings (SSSR count). The summed E-state index contributed by atoms with van der Waals surface area (Å²) in [5.74, 6) is -0.0362. The van der Waals surface area contributed by atoms with Crippen molar-refractivity contribution in [2.45, 2.75) is 23.6 Å². The summed E-state index contributed by atoms with van der Waals surface area (Å²) >= 11 is 0. The summed E-state index contributed by atoms with van der Waals surface area (Å²) in [4.78, 5) is 1.81. The van der Waals surface area contributed by atoms with E-state index in [1.165, 1.54) is 24.3 Å². The van der Waals surface area contributed by atoms with Gasteiger partial charge in [-0.05, 0) is 73.0 Å². The number of aryl methyl sites for hydroxylation is 2. The van der Waals surface area contributed by atoms with Gasteiger partial charge in [0.2, 0.25) is 0 Å². The van der Waals surface area contributed by atoms with Gasteiger partial charge in [0.1, 0.15) is 5.82 Å². The van der Waals surface area contributed by atoms with Crippen molar-refractivity contribution in [1.29, 1.82) is 0 Å². The van der Waals surface area contributed by atoms with Gasteiger partial charge >= 0.3 is 0 Å². The molecule has 0 amide bonds. The molecule has 5 aromatic rings. The lowest BCUT2D eigenvalue weighted by Gasteiger charge is -2.43. The first-order valence-corrected chi connectivity index (χ1v) is 18.2. The molecule has 9 heteroatoms. The third kappa shape index (κ3) is 5.67. The summed E-state index contributed by atoms with van der Waals surface area (Å²) in [7, 11) is -8.90. The Bertz CT molecular complexity index is 2360. The molecule has 0 spiro atoms. The van der Waals surface area contributed by atoms with E-state index >= 15 is 8.42 Å². The second-order valence-electron chi connectivity index (χ2n) is 11.6. The summed E-state index contributed by atoms with van der Waals surface area (Å²) in [5.41, 5.74) is 5.60. The monoisotopic (exact) mass is 669 g/mol. The molecule has 0 atom stereocenters. The van der Waals surface area contributed by atoms with Gasteiger partial charge in [-0.3, -0.25) is 4.90 Å². The Labute approximate surface area is 281 Å². The van der Waals surface area contributed by atoms with Crippen molar-refractivity contribution in [3.05, 3.63) is 179 Å². The summed E-state index contributed by atoms with van der Waals surface area (Å²) in [6.07, 6.45) is 5.57. The first kappa shape index (κ1) is 31.1. The predicted octanol–water partition coefficient (Wildman–Crippen LogP) is 8.04. The average Bonchev–Trinajstić information content (AvgIpc) is 3.09. The third-order valence-electron chi connectivity index (χ3n) is 8.19. The van der Waals surface area contributed by atoms with E-state index in [-0.39, 0.29) is 21.4 Å². The van der Waals surface area contributed by atoms with E-state index < -0.39 is 20.0 Å². The topological polar surface area (TPSA) is 87.1 Å². The zero-order valence-electron chi connectivity index (χ0n) is 26.2. The van der Waals surface area contributed by atoms with Crippen molar-refractivity contribution in [2.24, 2.45) is 4.40 Å². The van der Waals surface area contributed by atoms with Crippen LogP contribution in [0.1, 0.15) is 27.8 Å². The van der Waals surface area contributed by atoms with Gasteiger partial charge in [-0.15, -0.1) is 4.40 Å². The lowest BCUT2D eigenvalue weighted by Crippen LogP contribution is -2.48. The van der Waals surface area contributed by atoms with Gasteiger partial charge in [-0.2, -0.15) is 12.7 Å². The molecule has 0 aliphatic carbocycles. The summed E-state index contributed by atoms with van der Waals surface area (Å²) in [6, 6.07) is 39.0. The highest BCUT2D eigenvalue weighted by molar-refractivity contribution is 7.91. The van der Waals surface area contributed by atoms with Crippen molar-refractivity contribution < 1.29 is 16.8 Å². The lowest BCUT2D eigenvalue weighted by atomic mass is 9.95. The number of allylic oxidation sites excluding steroid dienone is 1. The van der Waals surface area contributed by atoms with Crippen molar-refractivity contribution in [3.63, 3.8) is 0 Å². The van der Waals surface area contributed by atoms with Gasteiger partial charge in [-0.1, -0.05) is 120 Å². The van der Waals surface area contributed by atoms with Gasteiger partial charge in [0.15, 0.2) is 5.84 Å². The highest BCUT2D eigenvalue weighted by Gasteiger charge is 2.44. The van der Waals surface area contributed by atoms with Crippen LogP contribution in [0.15, 0.2) is 165 Å². The molecular formula is C39H31N3O4S2. The number of para-hydroxylation sites is 1. The molecule has 0 saturated carbocycles. The maximum atomic E-state index is 15.1. The largest absolute Gasteiger partial charge is 0.294 e. The Morgan fingerprint density at radius 1 is 0.604 bits per heavy atom.